The zero-order chi connectivity index (χ0) is 13.9. The number of amides is 1. The zero-order valence-corrected chi connectivity index (χ0v) is 12.2. The first-order valence-electron chi connectivity index (χ1n) is 8.34. The Labute approximate surface area is 121 Å². The van der Waals surface area contributed by atoms with Crippen LogP contribution in [0.15, 0.2) is 0 Å². The van der Waals surface area contributed by atoms with E-state index in [4.69, 9.17) is 4.74 Å². The summed E-state index contributed by atoms with van der Waals surface area (Å²) in [7, 11) is 0. The molecule has 4 heteroatoms. The van der Waals surface area contributed by atoms with Gasteiger partial charge in [-0.1, -0.05) is 19.3 Å². The Bertz CT molecular complexity index is 341. The summed E-state index contributed by atoms with van der Waals surface area (Å²) in [6.45, 7) is 0.161. The maximum absolute atomic E-state index is 12.5. The van der Waals surface area contributed by atoms with E-state index in [0.29, 0.717) is 18.4 Å². The van der Waals surface area contributed by atoms with Crippen LogP contribution in [0.5, 0.6) is 0 Å². The SMILES string of the molecule is O=C(NC(CCO)C1CCCCC1)C1CC2CCC1O2. The normalized spacial score (nSPS) is 35.1. The Morgan fingerprint density at radius 1 is 1.20 bits per heavy atom. The van der Waals surface area contributed by atoms with Crippen molar-refractivity contribution in [2.75, 3.05) is 6.61 Å². The van der Waals surface area contributed by atoms with Gasteiger partial charge in [0.2, 0.25) is 5.91 Å². The van der Waals surface area contributed by atoms with E-state index in [2.05, 4.69) is 5.32 Å². The van der Waals surface area contributed by atoms with Gasteiger partial charge in [0.1, 0.15) is 0 Å². The minimum absolute atomic E-state index is 0.0542. The summed E-state index contributed by atoms with van der Waals surface area (Å²) in [5.74, 6) is 0.777. The Morgan fingerprint density at radius 2 is 2.00 bits per heavy atom. The van der Waals surface area contributed by atoms with Gasteiger partial charge in [-0.2, -0.15) is 0 Å². The number of hydrogen-bond acceptors (Lipinski definition) is 3. The third-order valence-electron chi connectivity index (χ3n) is 5.43. The first-order valence-corrected chi connectivity index (χ1v) is 8.34. The summed E-state index contributed by atoms with van der Waals surface area (Å²) in [5, 5.41) is 12.5. The van der Waals surface area contributed by atoms with Crippen LogP contribution in [0, 0.1) is 11.8 Å². The summed E-state index contributed by atoms with van der Waals surface area (Å²) in [5.41, 5.74) is 0. The summed E-state index contributed by atoms with van der Waals surface area (Å²) in [4.78, 5) is 12.5. The largest absolute Gasteiger partial charge is 0.396 e. The highest BCUT2D eigenvalue weighted by molar-refractivity contribution is 5.80. The lowest BCUT2D eigenvalue weighted by molar-refractivity contribution is -0.127. The Balaban J connectivity index is 1.56. The van der Waals surface area contributed by atoms with Gasteiger partial charge in [0.05, 0.1) is 18.1 Å². The van der Waals surface area contributed by atoms with Gasteiger partial charge in [-0.25, -0.2) is 0 Å². The molecule has 2 N–H and O–H groups in total. The molecule has 2 bridgehead atoms. The van der Waals surface area contributed by atoms with Crippen LogP contribution in [0.25, 0.3) is 0 Å². The lowest BCUT2D eigenvalue weighted by atomic mass is 9.82. The molecule has 0 aromatic heterocycles. The highest BCUT2D eigenvalue weighted by atomic mass is 16.5. The fourth-order valence-corrected chi connectivity index (χ4v) is 4.30. The van der Waals surface area contributed by atoms with Gasteiger partial charge in [-0.15, -0.1) is 0 Å². The van der Waals surface area contributed by atoms with Crippen molar-refractivity contribution in [3.63, 3.8) is 0 Å². The number of aliphatic hydroxyl groups is 1. The summed E-state index contributed by atoms with van der Waals surface area (Å²) in [6, 6.07) is 0.159. The molecule has 3 fully saturated rings. The van der Waals surface area contributed by atoms with Gasteiger partial charge in [0.25, 0.3) is 0 Å². The van der Waals surface area contributed by atoms with Gasteiger partial charge in [0.15, 0.2) is 0 Å². The fourth-order valence-electron chi connectivity index (χ4n) is 4.30. The number of carbonyl (C=O) groups excluding carboxylic acids is 1. The number of carbonyl (C=O) groups is 1. The smallest absolute Gasteiger partial charge is 0.226 e. The van der Waals surface area contributed by atoms with Crippen LogP contribution in [0.1, 0.15) is 57.8 Å². The molecular formula is C16H27NO3. The lowest BCUT2D eigenvalue weighted by Gasteiger charge is -2.32. The van der Waals surface area contributed by atoms with Crippen LogP contribution in [-0.2, 0) is 9.53 Å². The molecule has 4 nitrogen and oxygen atoms in total. The Hall–Kier alpha value is -0.610. The molecular weight excluding hydrogens is 254 g/mol. The van der Waals surface area contributed by atoms with Crippen LogP contribution >= 0.6 is 0 Å². The molecule has 0 radical (unpaired) electrons. The molecule has 2 saturated heterocycles. The van der Waals surface area contributed by atoms with Crippen molar-refractivity contribution in [2.45, 2.75) is 76.0 Å². The van der Waals surface area contributed by atoms with Crippen molar-refractivity contribution in [2.24, 2.45) is 11.8 Å². The first kappa shape index (κ1) is 14.3. The van der Waals surface area contributed by atoms with Crippen LogP contribution in [0.3, 0.4) is 0 Å². The summed E-state index contributed by atoms with van der Waals surface area (Å²) in [6.07, 6.45) is 10.5. The first-order chi connectivity index (χ1) is 9.78. The maximum atomic E-state index is 12.5. The van der Waals surface area contributed by atoms with E-state index in [1.54, 1.807) is 0 Å². The van der Waals surface area contributed by atoms with Crippen LogP contribution < -0.4 is 5.32 Å². The van der Waals surface area contributed by atoms with Crippen LogP contribution in [-0.4, -0.2) is 35.9 Å². The minimum Gasteiger partial charge on any atom is -0.396 e. The third-order valence-corrected chi connectivity index (χ3v) is 5.43. The highest BCUT2D eigenvalue weighted by Crippen LogP contribution is 2.39. The third kappa shape index (κ3) is 3.01. The number of hydrogen-bond donors (Lipinski definition) is 2. The monoisotopic (exact) mass is 281 g/mol. The molecule has 114 valence electrons. The minimum atomic E-state index is 0.0542. The zero-order valence-electron chi connectivity index (χ0n) is 12.2. The molecule has 4 atom stereocenters. The van der Waals surface area contributed by atoms with Gasteiger partial charge < -0.3 is 15.2 Å². The Morgan fingerprint density at radius 3 is 2.60 bits per heavy atom. The maximum Gasteiger partial charge on any atom is 0.226 e. The quantitative estimate of drug-likeness (QED) is 0.810. The van der Waals surface area contributed by atoms with Gasteiger partial charge in [-0.3, -0.25) is 4.79 Å². The standard InChI is InChI=1S/C16H27NO3/c18-9-8-14(11-4-2-1-3-5-11)17-16(19)13-10-12-6-7-15(13)20-12/h11-15,18H,1-10H2,(H,17,19). The van der Waals surface area contributed by atoms with Crippen LogP contribution in [0.2, 0.25) is 0 Å². The molecule has 2 heterocycles. The molecule has 1 aliphatic carbocycles. The predicted octanol–water partition coefficient (Wildman–Crippen LogP) is 2.00. The number of ether oxygens (including phenoxy) is 1. The van der Waals surface area contributed by atoms with Crippen molar-refractivity contribution in [3.05, 3.63) is 0 Å². The topological polar surface area (TPSA) is 58.6 Å². The van der Waals surface area contributed by atoms with E-state index in [1.807, 2.05) is 0 Å². The van der Waals surface area contributed by atoms with Gasteiger partial charge >= 0.3 is 0 Å². The Kier molecular flexibility index (Phi) is 4.61. The molecule has 0 aromatic carbocycles. The molecule has 1 amide bonds. The van der Waals surface area contributed by atoms with E-state index in [-0.39, 0.29) is 30.6 Å². The highest BCUT2D eigenvalue weighted by Gasteiger charge is 2.44. The van der Waals surface area contributed by atoms with E-state index in [0.717, 1.165) is 19.3 Å². The average Bonchev–Trinajstić information content (AvgIpc) is 3.10. The summed E-state index contributed by atoms with van der Waals surface area (Å²) < 4.78 is 5.78. The molecule has 20 heavy (non-hydrogen) atoms. The van der Waals surface area contributed by atoms with Crippen molar-refractivity contribution >= 4 is 5.91 Å². The molecule has 2 aliphatic heterocycles. The average molecular weight is 281 g/mol. The molecule has 4 unspecified atom stereocenters. The van der Waals surface area contributed by atoms with Crippen molar-refractivity contribution in [1.29, 1.82) is 0 Å². The number of nitrogens with one attached hydrogen (secondary N) is 1. The second kappa shape index (κ2) is 6.44. The summed E-state index contributed by atoms with van der Waals surface area (Å²) >= 11 is 0. The molecule has 0 spiro atoms. The van der Waals surface area contributed by atoms with Gasteiger partial charge in [-0.05, 0) is 44.4 Å². The second-order valence-corrected chi connectivity index (χ2v) is 6.74. The van der Waals surface area contributed by atoms with Gasteiger partial charge in [0, 0.05) is 12.6 Å². The van der Waals surface area contributed by atoms with Crippen molar-refractivity contribution < 1.29 is 14.6 Å². The predicted molar refractivity (Wildman–Crippen MR) is 76.2 cm³/mol. The van der Waals surface area contributed by atoms with Crippen molar-refractivity contribution in [1.82, 2.24) is 5.32 Å². The van der Waals surface area contributed by atoms with Crippen LogP contribution in [0.4, 0.5) is 0 Å². The fraction of sp³-hybridized carbons (Fsp3) is 0.938. The molecule has 1 saturated carbocycles. The number of fused-ring (bicyclic) bond motifs is 2. The second-order valence-electron chi connectivity index (χ2n) is 6.74. The van der Waals surface area contributed by atoms with E-state index in [1.165, 1.54) is 32.1 Å². The van der Waals surface area contributed by atoms with Crippen molar-refractivity contribution in [3.8, 4) is 0 Å². The molecule has 3 aliphatic rings. The number of aliphatic hydroxyl groups excluding tert-OH is 1. The number of rotatable bonds is 5. The van der Waals surface area contributed by atoms with E-state index >= 15 is 0 Å². The molecule has 0 aromatic rings. The molecule has 3 rings (SSSR count). The lowest BCUT2D eigenvalue weighted by Crippen LogP contribution is -2.46. The van der Waals surface area contributed by atoms with E-state index < -0.39 is 0 Å². The van der Waals surface area contributed by atoms with E-state index in [9.17, 15) is 9.90 Å².